The molecule has 4 aliphatic rings. The van der Waals surface area contributed by atoms with Crippen LogP contribution in [-0.2, 0) is 31.7 Å². The Kier molecular flexibility index (Phi) is 8.52. The number of fused-ring (bicyclic) bond motifs is 3. The van der Waals surface area contributed by atoms with Crippen molar-refractivity contribution < 1.29 is 38.0 Å². The summed E-state index contributed by atoms with van der Waals surface area (Å²) in [5.74, 6) is -0.678. The van der Waals surface area contributed by atoms with Gasteiger partial charge in [-0.05, 0) is 41.3 Å². The summed E-state index contributed by atoms with van der Waals surface area (Å²) in [6, 6.07) is 12.8. The number of allylic oxidation sites excluding steroid dienone is 1. The lowest BCUT2D eigenvalue weighted by molar-refractivity contribution is -0.130. The molecule has 3 atom stereocenters. The van der Waals surface area contributed by atoms with E-state index < -0.39 is 40.3 Å². The summed E-state index contributed by atoms with van der Waals surface area (Å²) in [4.78, 5) is 57.1. The van der Waals surface area contributed by atoms with Gasteiger partial charge in [-0.1, -0.05) is 36.7 Å². The average Bonchev–Trinajstić information content (AvgIpc) is 3.78. The number of nitrogens with one attached hydrogen (secondary N) is 1. The van der Waals surface area contributed by atoms with Crippen LogP contribution in [0.15, 0.2) is 63.3 Å². The van der Waals surface area contributed by atoms with E-state index in [0.717, 1.165) is 22.3 Å². The van der Waals surface area contributed by atoms with Crippen LogP contribution in [0.4, 0.5) is 5.82 Å². The molecule has 0 fully saturated rings. The number of ether oxygens (including phenoxy) is 6. The van der Waals surface area contributed by atoms with Crippen LogP contribution in [0.2, 0.25) is 5.02 Å². The van der Waals surface area contributed by atoms with Crippen LogP contribution in [0.1, 0.15) is 51.9 Å². The van der Waals surface area contributed by atoms with Crippen LogP contribution in [-0.4, -0.2) is 60.8 Å². The van der Waals surface area contributed by atoms with Gasteiger partial charge in [-0.15, -0.1) is 0 Å². The molecular weight excluding hydrogens is 718 g/mol. The van der Waals surface area contributed by atoms with Crippen molar-refractivity contribution in [2.75, 3.05) is 39.9 Å². The molecule has 1 spiro atoms. The molecule has 0 radical (unpaired) electrons. The first-order valence-electron chi connectivity index (χ1n) is 17.5. The largest absolute Gasteiger partial charge is 0.496 e. The first kappa shape index (κ1) is 35.3. The molecule has 1 aromatic heterocycles. The van der Waals surface area contributed by atoms with E-state index in [1.807, 2.05) is 12.1 Å². The first-order chi connectivity index (χ1) is 25.9. The van der Waals surface area contributed by atoms with Gasteiger partial charge in [0.2, 0.25) is 17.2 Å². The van der Waals surface area contributed by atoms with Crippen LogP contribution in [0.25, 0.3) is 0 Å². The van der Waals surface area contributed by atoms with Gasteiger partial charge in [0.25, 0.3) is 5.56 Å². The zero-order valence-electron chi connectivity index (χ0n) is 30.6. The van der Waals surface area contributed by atoms with Crippen LogP contribution in [0.3, 0.4) is 0 Å². The fourth-order valence-corrected chi connectivity index (χ4v) is 8.44. The second-order valence-electron chi connectivity index (χ2n) is 13.9. The third-order valence-corrected chi connectivity index (χ3v) is 11.4. The summed E-state index contributed by atoms with van der Waals surface area (Å²) in [6.45, 7) is 2.78. The maximum Gasteiger partial charge on any atom is 0.332 e. The number of hydrogen-bond acceptors (Lipinski definition) is 11. The highest BCUT2D eigenvalue weighted by molar-refractivity contribution is 6.36. The van der Waals surface area contributed by atoms with Gasteiger partial charge in [0.05, 0.1) is 40.1 Å². The normalized spacial score (nSPS) is 20.7. The van der Waals surface area contributed by atoms with Crippen molar-refractivity contribution in [3.63, 3.8) is 0 Å². The molecule has 0 saturated heterocycles. The highest BCUT2D eigenvalue weighted by atomic mass is 35.5. The van der Waals surface area contributed by atoms with Gasteiger partial charge >= 0.3 is 5.69 Å². The molecular formula is C40H38ClN3O10. The Labute approximate surface area is 314 Å². The minimum absolute atomic E-state index is 0.0162. The molecule has 14 heteroatoms. The average molecular weight is 756 g/mol. The third-order valence-electron chi connectivity index (χ3n) is 11.0. The maximum atomic E-state index is 15.2. The zero-order chi connectivity index (χ0) is 38.2. The van der Waals surface area contributed by atoms with Crippen molar-refractivity contribution in [1.82, 2.24) is 9.13 Å². The topological polar surface area (TPSA) is 146 Å². The Balaban J connectivity index is 1.22. The quantitative estimate of drug-likeness (QED) is 0.249. The minimum atomic E-state index is -2.04. The molecule has 3 aliphatic heterocycles. The number of rotatable bonds is 8. The van der Waals surface area contributed by atoms with Crippen molar-refractivity contribution in [1.29, 1.82) is 0 Å². The van der Waals surface area contributed by atoms with Crippen molar-refractivity contribution in [3.05, 3.63) is 107 Å². The second kappa shape index (κ2) is 13.0. The number of hydrogen-bond donors (Lipinski definition) is 1. The Morgan fingerprint density at radius 1 is 0.907 bits per heavy atom. The van der Waals surface area contributed by atoms with Gasteiger partial charge in [-0.2, -0.15) is 0 Å². The first-order valence-corrected chi connectivity index (χ1v) is 17.9. The number of halogens is 1. The number of aromatic nitrogens is 2. The van der Waals surface area contributed by atoms with Gasteiger partial charge in [-0.3, -0.25) is 23.5 Å². The molecule has 8 rings (SSSR count). The van der Waals surface area contributed by atoms with Crippen LogP contribution < -0.4 is 45.0 Å². The van der Waals surface area contributed by atoms with Crippen LogP contribution >= 0.6 is 11.6 Å². The molecule has 0 bridgehead atoms. The van der Waals surface area contributed by atoms with Gasteiger partial charge < -0.3 is 33.7 Å². The van der Waals surface area contributed by atoms with Gasteiger partial charge in [0.15, 0.2) is 17.2 Å². The summed E-state index contributed by atoms with van der Waals surface area (Å²) >= 11 is 6.69. The molecule has 0 amide bonds. The fourth-order valence-electron chi connectivity index (χ4n) is 8.18. The highest BCUT2D eigenvalue weighted by Crippen LogP contribution is 2.56. The predicted octanol–water partition coefficient (Wildman–Crippen LogP) is 4.75. The number of ketones is 2. The van der Waals surface area contributed by atoms with Crippen LogP contribution in [0.5, 0.6) is 34.5 Å². The number of carbonyl (C=O) groups excluding carboxylic acids is 2. The number of Topliss-reactive ketones (excluding diaryl/α,β-unsaturated/α-hetero) is 2. The molecule has 1 N–H and O–H groups in total. The van der Waals surface area contributed by atoms with E-state index in [2.05, 4.69) is 11.4 Å². The molecule has 1 aliphatic carbocycles. The maximum absolute atomic E-state index is 15.2. The lowest BCUT2D eigenvalue weighted by Gasteiger charge is -2.42. The number of methoxy groups -OCH3 is 3. The summed E-state index contributed by atoms with van der Waals surface area (Å²) in [5.41, 5.74) is 0.397. The fraction of sp³-hybridized carbons (Fsp3) is 0.350. The number of carbonyl (C=O) groups is 2. The third kappa shape index (κ3) is 5.04. The predicted molar refractivity (Wildman–Crippen MR) is 198 cm³/mol. The summed E-state index contributed by atoms with van der Waals surface area (Å²) in [6.07, 6.45) is 1.68. The highest BCUT2D eigenvalue weighted by Gasteiger charge is 2.64. The Bertz CT molecular complexity index is 2450. The number of benzene rings is 3. The molecule has 280 valence electrons. The van der Waals surface area contributed by atoms with Crippen LogP contribution in [0, 0.1) is 5.92 Å². The van der Waals surface area contributed by atoms with Crippen molar-refractivity contribution in [2.45, 2.75) is 37.7 Å². The van der Waals surface area contributed by atoms with Gasteiger partial charge in [-0.25, -0.2) is 4.79 Å². The number of nitrogens with zero attached hydrogens (tertiary/aromatic N) is 2. The van der Waals surface area contributed by atoms with E-state index in [9.17, 15) is 14.4 Å². The molecule has 54 heavy (non-hydrogen) atoms. The lowest BCUT2D eigenvalue weighted by atomic mass is 9.66. The summed E-state index contributed by atoms with van der Waals surface area (Å²) in [7, 11) is 7.26. The zero-order valence-corrected chi connectivity index (χ0v) is 31.3. The van der Waals surface area contributed by atoms with E-state index in [-0.39, 0.29) is 51.2 Å². The van der Waals surface area contributed by atoms with Crippen molar-refractivity contribution in [2.24, 2.45) is 20.0 Å². The molecule has 13 nitrogen and oxygen atoms in total. The Hall–Kier alpha value is -5.69. The Morgan fingerprint density at radius 3 is 2.41 bits per heavy atom. The SMILES string of the molecule is COc1cc([C@H]2C3=C(C[C@@H](C)[C@]4(Oc5c(Cl)c(OC)cc(OC)c5C4=O)C3=O)Nc3c2c(=O)n(C)c(=O)n3C)ccc1OCCc1ccc2c(c1)CCO2. The van der Waals surface area contributed by atoms with E-state index >= 15 is 4.79 Å². The smallest absolute Gasteiger partial charge is 0.332 e. The minimum Gasteiger partial charge on any atom is -0.496 e. The molecule has 0 saturated carbocycles. The number of anilines is 1. The van der Waals surface area contributed by atoms with Gasteiger partial charge in [0.1, 0.15) is 33.7 Å². The van der Waals surface area contributed by atoms with E-state index in [0.29, 0.717) is 42.4 Å². The van der Waals surface area contributed by atoms with Crippen molar-refractivity contribution in [3.8, 4) is 34.5 Å². The summed E-state index contributed by atoms with van der Waals surface area (Å²) in [5, 5.41) is 3.26. The van der Waals surface area contributed by atoms with E-state index in [4.69, 9.17) is 40.0 Å². The van der Waals surface area contributed by atoms with E-state index in [1.54, 1.807) is 32.2 Å². The Morgan fingerprint density at radius 2 is 1.67 bits per heavy atom. The lowest BCUT2D eigenvalue weighted by Crippen LogP contribution is -2.58. The molecule has 0 unspecified atom stereocenters. The molecule has 3 aromatic carbocycles. The second-order valence-corrected chi connectivity index (χ2v) is 14.2. The molecule has 4 heterocycles. The standard InChI is InChI=1S/C40H38ClN3O10/c1-19-15-23-30(35(45)40(19)36(46)31-27(50-5)18-28(51-6)33(41)34(31)54-40)29(32-37(42-23)43(2)39(48)44(3)38(32)47)22-8-10-25(26(17-22)49-4)53-13-11-20-7-9-24-21(16-20)12-14-52-24/h7-10,16-19,29,42H,11-15H2,1-6H3/t19-,29+,40+/m1/s1. The van der Waals surface area contributed by atoms with Crippen molar-refractivity contribution >= 4 is 29.0 Å². The van der Waals surface area contributed by atoms with E-state index in [1.165, 1.54) is 44.6 Å². The van der Waals surface area contributed by atoms with Gasteiger partial charge in [0, 0.05) is 56.1 Å². The summed E-state index contributed by atoms with van der Waals surface area (Å²) < 4.78 is 37.4. The monoisotopic (exact) mass is 755 g/mol. The molecule has 4 aromatic rings.